The monoisotopic (exact) mass is 409 g/mol. The second-order valence-electron chi connectivity index (χ2n) is 6.42. The highest BCUT2D eigenvalue weighted by Gasteiger charge is 2.11. The number of fused-ring (bicyclic) bond motifs is 1. The highest BCUT2D eigenvalue weighted by Crippen LogP contribution is 2.23. The SMILES string of the molecule is CS(=O)(=O)Nc1cccc(Nc2nc(NCc3ccccc3)c3[nH]cnc3n2)c1. The van der Waals surface area contributed by atoms with Crippen molar-refractivity contribution in [1.82, 2.24) is 19.9 Å². The van der Waals surface area contributed by atoms with E-state index < -0.39 is 10.0 Å². The number of nitrogens with one attached hydrogen (secondary N) is 4. The van der Waals surface area contributed by atoms with E-state index in [2.05, 4.69) is 35.3 Å². The summed E-state index contributed by atoms with van der Waals surface area (Å²) in [4.78, 5) is 16.2. The number of aromatic amines is 1. The summed E-state index contributed by atoms with van der Waals surface area (Å²) in [6, 6.07) is 16.8. The molecule has 2 heterocycles. The molecule has 4 N–H and O–H groups in total. The van der Waals surface area contributed by atoms with Crippen LogP contribution >= 0.6 is 0 Å². The van der Waals surface area contributed by atoms with E-state index in [0.29, 0.717) is 40.8 Å². The molecule has 0 fully saturated rings. The lowest BCUT2D eigenvalue weighted by Gasteiger charge is -2.11. The third kappa shape index (κ3) is 4.79. The van der Waals surface area contributed by atoms with Crippen molar-refractivity contribution >= 4 is 44.3 Å². The zero-order valence-electron chi connectivity index (χ0n) is 15.5. The third-order valence-corrected chi connectivity index (χ3v) is 4.62. The molecule has 29 heavy (non-hydrogen) atoms. The Balaban J connectivity index is 1.59. The molecule has 0 aliphatic heterocycles. The number of H-pyrrole nitrogens is 1. The van der Waals surface area contributed by atoms with Crippen molar-refractivity contribution in [3.63, 3.8) is 0 Å². The third-order valence-electron chi connectivity index (χ3n) is 4.01. The minimum absolute atomic E-state index is 0.344. The Morgan fingerprint density at radius 1 is 1.00 bits per heavy atom. The number of aromatic nitrogens is 4. The molecule has 0 unspecified atom stereocenters. The van der Waals surface area contributed by atoms with E-state index >= 15 is 0 Å². The van der Waals surface area contributed by atoms with E-state index in [1.54, 1.807) is 30.6 Å². The molecule has 2 aromatic heterocycles. The van der Waals surface area contributed by atoms with Gasteiger partial charge in [0.15, 0.2) is 11.5 Å². The van der Waals surface area contributed by atoms with Gasteiger partial charge in [-0.3, -0.25) is 4.72 Å². The number of sulfonamides is 1. The zero-order valence-corrected chi connectivity index (χ0v) is 16.4. The van der Waals surface area contributed by atoms with Crippen LogP contribution in [0.25, 0.3) is 11.2 Å². The van der Waals surface area contributed by atoms with E-state index in [1.807, 2.05) is 30.3 Å². The van der Waals surface area contributed by atoms with Crippen LogP contribution in [0.5, 0.6) is 0 Å². The summed E-state index contributed by atoms with van der Waals surface area (Å²) in [6.07, 6.45) is 2.67. The molecular formula is C19H19N7O2S. The lowest BCUT2D eigenvalue weighted by Crippen LogP contribution is -2.09. The van der Waals surface area contributed by atoms with Gasteiger partial charge >= 0.3 is 0 Å². The van der Waals surface area contributed by atoms with Crippen molar-refractivity contribution in [2.75, 3.05) is 21.6 Å². The number of imidazole rings is 1. The predicted molar refractivity (Wildman–Crippen MR) is 114 cm³/mol. The average Bonchev–Trinajstić information content (AvgIpc) is 3.14. The first-order chi connectivity index (χ1) is 14.0. The molecule has 0 atom stereocenters. The van der Waals surface area contributed by atoms with E-state index in [-0.39, 0.29) is 0 Å². The van der Waals surface area contributed by atoms with Gasteiger partial charge in [0.1, 0.15) is 5.52 Å². The molecule has 0 spiro atoms. The van der Waals surface area contributed by atoms with Crippen LogP contribution < -0.4 is 15.4 Å². The predicted octanol–water partition coefficient (Wildman–Crippen LogP) is 3.08. The van der Waals surface area contributed by atoms with Crippen LogP contribution in [-0.4, -0.2) is 34.6 Å². The maximum absolute atomic E-state index is 11.4. The normalized spacial score (nSPS) is 11.3. The number of hydrogen-bond acceptors (Lipinski definition) is 7. The highest BCUT2D eigenvalue weighted by atomic mass is 32.2. The topological polar surface area (TPSA) is 125 Å². The molecule has 9 nitrogen and oxygen atoms in total. The fourth-order valence-electron chi connectivity index (χ4n) is 2.80. The molecule has 10 heteroatoms. The lowest BCUT2D eigenvalue weighted by atomic mass is 10.2. The molecule has 0 aliphatic carbocycles. The molecule has 4 rings (SSSR count). The Bertz CT molecular complexity index is 1240. The van der Waals surface area contributed by atoms with Crippen LogP contribution in [-0.2, 0) is 16.6 Å². The summed E-state index contributed by atoms with van der Waals surface area (Å²) in [7, 11) is -3.36. The van der Waals surface area contributed by atoms with Gasteiger partial charge in [0.25, 0.3) is 0 Å². The first-order valence-corrected chi connectivity index (χ1v) is 10.7. The number of anilines is 4. The number of nitrogens with zero attached hydrogens (tertiary/aromatic N) is 3. The quantitative estimate of drug-likeness (QED) is 0.370. The van der Waals surface area contributed by atoms with Gasteiger partial charge in [-0.1, -0.05) is 36.4 Å². The van der Waals surface area contributed by atoms with Crippen LogP contribution in [0, 0.1) is 0 Å². The molecule has 0 bridgehead atoms. The number of hydrogen-bond donors (Lipinski definition) is 4. The molecule has 0 saturated carbocycles. The molecule has 0 saturated heterocycles. The Morgan fingerprint density at radius 2 is 1.79 bits per heavy atom. The minimum Gasteiger partial charge on any atom is -0.364 e. The van der Waals surface area contributed by atoms with Crippen molar-refractivity contribution in [3.05, 3.63) is 66.5 Å². The van der Waals surface area contributed by atoms with Gasteiger partial charge in [-0.25, -0.2) is 13.4 Å². The Hall–Kier alpha value is -3.66. The summed E-state index contributed by atoms with van der Waals surface area (Å²) in [5.74, 6) is 0.959. The van der Waals surface area contributed by atoms with Gasteiger partial charge in [-0.15, -0.1) is 0 Å². The second kappa shape index (κ2) is 7.76. The average molecular weight is 409 g/mol. The number of rotatable bonds is 7. The Kier molecular flexibility index (Phi) is 5.00. The van der Waals surface area contributed by atoms with Gasteiger partial charge < -0.3 is 15.6 Å². The second-order valence-corrected chi connectivity index (χ2v) is 8.16. The molecule has 2 aromatic carbocycles. The Labute approximate surface area is 167 Å². The van der Waals surface area contributed by atoms with Gasteiger partial charge in [0.2, 0.25) is 16.0 Å². The fraction of sp³-hybridized carbons (Fsp3) is 0.105. The summed E-state index contributed by atoms with van der Waals surface area (Å²) >= 11 is 0. The van der Waals surface area contributed by atoms with E-state index in [1.165, 1.54) is 0 Å². The Morgan fingerprint density at radius 3 is 2.59 bits per heavy atom. The van der Waals surface area contributed by atoms with Crippen LogP contribution in [0.1, 0.15) is 5.56 Å². The fourth-order valence-corrected chi connectivity index (χ4v) is 3.36. The lowest BCUT2D eigenvalue weighted by molar-refractivity contribution is 0.607. The van der Waals surface area contributed by atoms with Gasteiger partial charge in [-0.2, -0.15) is 9.97 Å². The molecule has 4 aromatic rings. The van der Waals surface area contributed by atoms with Crippen molar-refractivity contribution in [2.24, 2.45) is 0 Å². The van der Waals surface area contributed by atoms with E-state index in [0.717, 1.165) is 11.8 Å². The first-order valence-electron chi connectivity index (χ1n) is 8.80. The zero-order chi connectivity index (χ0) is 20.3. The van der Waals surface area contributed by atoms with Crippen LogP contribution in [0.3, 0.4) is 0 Å². The standard InChI is InChI=1S/C19H19N7O2S/c1-29(27,28)26-15-9-5-8-14(10-15)23-19-24-17(16-18(25-19)22-12-21-16)20-11-13-6-3-2-4-7-13/h2-10,12,26H,11H2,1H3,(H3,20,21,22,23,24,25). The largest absolute Gasteiger partial charge is 0.364 e. The van der Waals surface area contributed by atoms with Crippen molar-refractivity contribution in [2.45, 2.75) is 6.54 Å². The van der Waals surface area contributed by atoms with Crippen molar-refractivity contribution in [3.8, 4) is 0 Å². The summed E-state index contributed by atoms with van der Waals surface area (Å²) in [5, 5.41) is 6.40. The minimum atomic E-state index is -3.36. The molecule has 0 aliphatic rings. The molecule has 148 valence electrons. The molecule has 0 amide bonds. The van der Waals surface area contributed by atoms with Gasteiger partial charge in [0.05, 0.1) is 18.3 Å². The maximum Gasteiger partial charge on any atom is 0.231 e. The van der Waals surface area contributed by atoms with Crippen molar-refractivity contribution in [1.29, 1.82) is 0 Å². The van der Waals surface area contributed by atoms with Gasteiger partial charge in [0, 0.05) is 12.2 Å². The molecule has 0 radical (unpaired) electrons. The smallest absolute Gasteiger partial charge is 0.231 e. The molecular weight excluding hydrogens is 390 g/mol. The highest BCUT2D eigenvalue weighted by molar-refractivity contribution is 7.92. The van der Waals surface area contributed by atoms with Crippen molar-refractivity contribution < 1.29 is 8.42 Å². The summed E-state index contributed by atoms with van der Waals surface area (Å²) in [6.45, 7) is 0.596. The first kappa shape index (κ1) is 18.7. The van der Waals surface area contributed by atoms with E-state index in [9.17, 15) is 8.42 Å². The van der Waals surface area contributed by atoms with Gasteiger partial charge in [-0.05, 0) is 23.8 Å². The van der Waals surface area contributed by atoms with Crippen LogP contribution in [0.4, 0.5) is 23.1 Å². The summed E-state index contributed by atoms with van der Waals surface area (Å²) < 4.78 is 25.3. The van der Waals surface area contributed by atoms with E-state index in [4.69, 9.17) is 0 Å². The van der Waals surface area contributed by atoms with Crippen LogP contribution in [0.15, 0.2) is 60.9 Å². The number of benzene rings is 2. The van der Waals surface area contributed by atoms with Crippen LogP contribution in [0.2, 0.25) is 0 Å². The summed E-state index contributed by atoms with van der Waals surface area (Å²) in [5.41, 5.74) is 3.43. The maximum atomic E-state index is 11.4.